The van der Waals surface area contributed by atoms with Gasteiger partial charge in [-0.25, -0.2) is 4.98 Å². The first-order valence-electron chi connectivity index (χ1n) is 8.74. The second kappa shape index (κ2) is 10.2. The van der Waals surface area contributed by atoms with E-state index in [9.17, 15) is 4.79 Å². The summed E-state index contributed by atoms with van der Waals surface area (Å²) in [7, 11) is 1.59. The second-order valence-corrected chi connectivity index (χ2v) is 7.30. The molecule has 2 aromatic heterocycles. The van der Waals surface area contributed by atoms with Crippen molar-refractivity contribution in [3.05, 3.63) is 53.4 Å². The average Bonchev–Trinajstić information content (AvgIpc) is 3.18. The van der Waals surface area contributed by atoms with E-state index >= 15 is 0 Å². The highest BCUT2D eigenvalue weighted by molar-refractivity contribution is 7.99. The van der Waals surface area contributed by atoms with Gasteiger partial charge >= 0.3 is 0 Å². The molecule has 3 rings (SSSR count). The van der Waals surface area contributed by atoms with Gasteiger partial charge in [0.05, 0.1) is 18.0 Å². The van der Waals surface area contributed by atoms with Crippen LogP contribution >= 0.6 is 23.4 Å². The van der Waals surface area contributed by atoms with Crippen LogP contribution in [0.1, 0.15) is 5.56 Å². The number of thioether (sulfide) groups is 1. The Hall–Kier alpha value is -2.62. The molecular weight excluding hydrogens is 414 g/mol. The molecule has 8 nitrogen and oxygen atoms in total. The number of carbonyl (C=O) groups excluding carboxylic acids is 1. The Morgan fingerprint density at radius 2 is 2.17 bits per heavy atom. The van der Waals surface area contributed by atoms with Gasteiger partial charge in [0.2, 0.25) is 11.8 Å². The van der Waals surface area contributed by atoms with E-state index in [0.717, 1.165) is 11.3 Å². The number of hydrogen-bond acceptors (Lipinski definition) is 7. The fourth-order valence-electron chi connectivity index (χ4n) is 2.37. The number of hydrogen-bond donors (Lipinski definition) is 1. The molecule has 0 atom stereocenters. The third kappa shape index (κ3) is 5.69. The number of carbonyl (C=O) groups is 1. The highest BCUT2D eigenvalue weighted by Crippen LogP contribution is 2.25. The zero-order valence-corrected chi connectivity index (χ0v) is 17.5. The van der Waals surface area contributed by atoms with Gasteiger partial charge in [-0.1, -0.05) is 29.4 Å². The van der Waals surface area contributed by atoms with Crippen LogP contribution in [0.4, 0.5) is 5.69 Å². The average molecular weight is 434 g/mol. The lowest BCUT2D eigenvalue weighted by atomic mass is 10.2. The van der Waals surface area contributed by atoms with Gasteiger partial charge in [0.15, 0.2) is 5.16 Å². The molecule has 0 bridgehead atoms. The fraction of sp³-hybridized carbons (Fsp3) is 0.263. The predicted octanol–water partition coefficient (Wildman–Crippen LogP) is 3.38. The molecule has 2 heterocycles. The van der Waals surface area contributed by atoms with Crippen molar-refractivity contribution in [2.45, 2.75) is 12.1 Å². The van der Waals surface area contributed by atoms with Crippen molar-refractivity contribution in [1.82, 2.24) is 19.7 Å². The van der Waals surface area contributed by atoms with Gasteiger partial charge in [0, 0.05) is 18.3 Å². The topological polar surface area (TPSA) is 91.2 Å². The number of aromatic nitrogens is 4. The molecule has 0 radical (unpaired) electrons. The summed E-state index contributed by atoms with van der Waals surface area (Å²) in [4.78, 5) is 16.6. The van der Waals surface area contributed by atoms with Gasteiger partial charge in [0.1, 0.15) is 18.6 Å². The maximum absolute atomic E-state index is 12.4. The summed E-state index contributed by atoms with van der Waals surface area (Å²) < 4.78 is 12.3. The number of ether oxygens (including phenoxy) is 2. The van der Waals surface area contributed by atoms with Gasteiger partial charge in [-0.05, 0) is 36.8 Å². The van der Waals surface area contributed by atoms with Crippen LogP contribution in [0.25, 0.3) is 5.69 Å². The van der Waals surface area contributed by atoms with E-state index in [2.05, 4.69) is 20.5 Å². The van der Waals surface area contributed by atoms with E-state index in [-0.39, 0.29) is 11.7 Å². The fourth-order valence-corrected chi connectivity index (χ4v) is 3.27. The molecule has 3 aromatic rings. The van der Waals surface area contributed by atoms with E-state index in [1.54, 1.807) is 36.3 Å². The van der Waals surface area contributed by atoms with Crippen LogP contribution in [0.2, 0.25) is 5.02 Å². The first kappa shape index (κ1) is 21.1. The molecule has 0 fully saturated rings. The standard InChI is InChI=1S/C19H20ClN5O3S/c1-13-5-6-14(10-15(13)20)25-12-22-24-19(25)29-11-17(26)23-16-4-3-7-21-18(16)28-9-8-27-2/h3-7,10,12H,8-9,11H2,1-2H3,(H,23,26). The second-order valence-electron chi connectivity index (χ2n) is 5.95. The molecule has 0 aliphatic carbocycles. The molecule has 0 unspecified atom stereocenters. The Morgan fingerprint density at radius 3 is 2.97 bits per heavy atom. The van der Waals surface area contributed by atoms with Gasteiger partial charge in [-0.15, -0.1) is 10.2 Å². The molecule has 1 N–H and O–H groups in total. The maximum atomic E-state index is 12.4. The van der Waals surface area contributed by atoms with Crippen molar-refractivity contribution in [1.29, 1.82) is 0 Å². The highest BCUT2D eigenvalue weighted by Gasteiger charge is 2.13. The molecule has 1 amide bonds. The van der Waals surface area contributed by atoms with E-state index in [4.69, 9.17) is 21.1 Å². The Morgan fingerprint density at radius 1 is 1.31 bits per heavy atom. The number of nitrogens with zero attached hydrogens (tertiary/aromatic N) is 4. The summed E-state index contributed by atoms with van der Waals surface area (Å²) in [5, 5.41) is 12.1. The number of rotatable bonds is 9. The Kier molecular flexibility index (Phi) is 7.45. The quantitative estimate of drug-likeness (QED) is 0.408. The van der Waals surface area contributed by atoms with E-state index in [0.29, 0.717) is 35.0 Å². The van der Waals surface area contributed by atoms with Crippen molar-refractivity contribution in [3.8, 4) is 11.6 Å². The van der Waals surface area contributed by atoms with Crippen molar-refractivity contribution >= 4 is 35.0 Å². The number of nitrogens with one attached hydrogen (secondary N) is 1. The minimum atomic E-state index is -0.212. The zero-order chi connectivity index (χ0) is 20.6. The maximum Gasteiger partial charge on any atom is 0.237 e. The van der Waals surface area contributed by atoms with Crippen LogP contribution in [0.3, 0.4) is 0 Å². The van der Waals surface area contributed by atoms with E-state index in [1.807, 2.05) is 25.1 Å². The van der Waals surface area contributed by atoms with Gasteiger partial charge < -0.3 is 14.8 Å². The summed E-state index contributed by atoms with van der Waals surface area (Å²) in [5.41, 5.74) is 2.31. The molecule has 152 valence electrons. The number of pyridine rings is 1. The Labute approximate surface area is 177 Å². The molecule has 0 saturated heterocycles. The number of benzene rings is 1. The number of amides is 1. The summed E-state index contributed by atoms with van der Waals surface area (Å²) in [5.74, 6) is 0.279. The number of methoxy groups -OCH3 is 1. The summed E-state index contributed by atoms with van der Waals surface area (Å²) in [6, 6.07) is 9.14. The first-order valence-corrected chi connectivity index (χ1v) is 10.1. The van der Waals surface area contributed by atoms with Crippen LogP contribution in [0.15, 0.2) is 48.0 Å². The molecule has 0 spiro atoms. The van der Waals surface area contributed by atoms with Gasteiger partial charge in [-0.2, -0.15) is 0 Å². The lowest BCUT2D eigenvalue weighted by Crippen LogP contribution is -2.16. The van der Waals surface area contributed by atoms with E-state index in [1.165, 1.54) is 11.8 Å². The molecule has 1 aromatic carbocycles. The number of aryl methyl sites for hydroxylation is 1. The largest absolute Gasteiger partial charge is 0.474 e. The lowest BCUT2D eigenvalue weighted by molar-refractivity contribution is -0.113. The van der Waals surface area contributed by atoms with Crippen molar-refractivity contribution < 1.29 is 14.3 Å². The highest BCUT2D eigenvalue weighted by atomic mass is 35.5. The van der Waals surface area contributed by atoms with Crippen molar-refractivity contribution in [2.24, 2.45) is 0 Å². The zero-order valence-electron chi connectivity index (χ0n) is 16.0. The van der Waals surface area contributed by atoms with Crippen LogP contribution < -0.4 is 10.1 Å². The molecule has 0 saturated carbocycles. The molecule has 10 heteroatoms. The smallest absolute Gasteiger partial charge is 0.237 e. The molecule has 29 heavy (non-hydrogen) atoms. The predicted molar refractivity (Wildman–Crippen MR) is 112 cm³/mol. The van der Waals surface area contributed by atoms with Crippen molar-refractivity contribution in [3.63, 3.8) is 0 Å². The van der Waals surface area contributed by atoms with Crippen LogP contribution in [-0.2, 0) is 9.53 Å². The lowest BCUT2D eigenvalue weighted by Gasteiger charge is -2.11. The monoisotopic (exact) mass is 433 g/mol. The minimum absolute atomic E-state index is 0.144. The van der Waals surface area contributed by atoms with Gasteiger partial charge in [0.25, 0.3) is 0 Å². The first-order chi connectivity index (χ1) is 14.1. The number of halogens is 1. The third-order valence-corrected chi connectivity index (χ3v) is 5.20. The Balaban J connectivity index is 1.62. The molecule has 0 aliphatic heterocycles. The Bertz CT molecular complexity index is 982. The molecule has 0 aliphatic rings. The van der Waals surface area contributed by atoms with Crippen LogP contribution in [0.5, 0.6) is 5.88 Å². The van der Waals surface area contributed by atoms with Gasteiger partial charge in [-0.3, -0.25) is 9.36 Å². The normalized spacial score (nSPS) is 10.7. The summed E-state index contributed by atoms with van der Waals surface area (Å²) >= 11 is 7.48. The number of anilines is 1. The summed E-state index contributed by atoms with van der Waals surface area (Å²) in [6.45, 7) is 2.70. The van der Waals surface area contributed by atoms with Crippen LogP contribution in [0, 0.1) is 6.92 Å². The minimum Gasteiger partial charge on any atom is -0.474 e. The SMILES string of the molecule is COCCOc1ncccc1NC(=O)CSc1nncn1-c1ccc(C)c(Cl)c1. The van der Waals surface area contributed by atoms with E-state index < -0.39 is 0 Å². The summed E-state index contributed by atoms with van der Waals surface area (Å²) in [6.07, 6.45) is 3.19. The van der Waals surface area contributed by atoms with Crippen molar-refractivity contribution in [2.75, 3.05) is 31.4 Å². The third-order valence-electron chi connectivity index (χ3n) is 3.85. The van der Waals surface area contributed by atoms with Crippen LogP contribution in [-0.4, -0.2) is 51.7 Å². The molecular formula is C19H20ClN5O3S.